The van der Waals surface area contributed by atoms with E-state index >= 15 is 0 Å². The Morgan fingerprint density at radius 3 is 2.12 bits per heavy atom. The third-order valence-electron chi connectivity index (χ3n) is 3.12. The van der Waals surface area contributed by atoms with Gasteiger partial charge in [0.25, 0.3) is 0 Å². The molecule has 0 saturated heterocycles. The van der Waals surface area contributed by atoms with Crippen LogP contribution in [0, 0.1) is 0 Å². The van der Waals surface area contributed by atoms with Gasteiger partial charge >= 0.3 is 0 Å². The van der Waals surface area contributed by atoms with Crippen LogP contribution in [0.3, 0.4) is 0 Å². The molecule has 1 aromatic rings. The Balaban J connectivity index is 2.70. The van der Waals surface area contributed by atoms with Gasteiger partial charge in [-0.2, -0.15) is 0 Å². The number of hydrogen-bond acceptors (Lipinski definition) is 2. The number of nitrogens with two attached hydrogens (primary N) is 1. The molecule has 0 amide bonds. The largest absolute Gasteiger partial charge is 0.383 e. The van der Waals surface area contributed by atoms with E-state index in [1.165, 1.54) is 11.1 Å². The molecule has 0 aliphatic carbocycles. The Kier molecular flexibility index (Phi) is 4.97. The van der Waals surface area contributed by atoms with E-state index in [9.17, 15) is 0 Å². The molecule has 0 fully saturated rings. The van der Waals surface area contributed by atoms with Crippen LogP contribution in [-0.2, 0) is 17.6 Å². The number of benzene rings is 1. The second-order valence-electron chi connectivity index (χ2n) is 4.50. The summed E-state index contributed by atoms with van der Waals surface area (Å²) >= 11 is 0. The highest BCUT2D eigenvalue weighted by Gasteiger charge is 2.22. The SMILES string of the molecule is CCc1ccc(CC(N)(CC)COC)cc1. The Morgan fingerprint density at radius 1 is 1.12 bits per heavy atom. The maximum Gasteiger partial charge on any atom is 0.0645 e. The fourth-order valence-corrected chi connectivity index (χ4v) is 1.86. The minimum atomic E-state index is -0.234. The smallest absolute Gasteiger partial charge is 0.0645 e. The van der Waals surface area contributed by atoms with Crippen molar-refractivity contribution >= 4 is 0 Å². The first-order valence-corrected chi connectivity index (χ1v) is 5.99. The summed E-state index contributed by atoms with van der Waals surface area (Å²) in [5.74, 6) is 0. The normalized spacial score (nSPS) is 14.8. The summed E-state index contributed by atoms with van der Waals surface area (Å²) in [5, 5.41) is 0. The zero-order chi connectivity index (χ0) is 12.0. The highest BCUT2D eigenvalue weighted by Crippen LogP contribution is 2.16. The van der Waals surface area contributed by atoms with Crippen LogP contribution in [0.5, 0.6) is 0 Å². The third-order valence-corrected chi connectivity index (χ3v) is 3.12. The molecule has 0 aliphatic rings. The second kappa shape index (κ2) is 6.02. The summed E-state index contributed by atoms with van der Waals surface area (Å²) in [6, 6.07) is 8.70. The molecule has 16 heavy (non-hydrogen) atoms. The fourth-order valence-electron chi connectivity index (χ4n) is 1.86. The molecule has 2 heteroatoms. The van der Waals surface area contributed by atoms with Crippen LogP contribution >= 0.6 is 0 Å². The van der Waals surface area contributed by atoms with Crippen molar-refractivity contribution in [2.45, 2.75) is 38.6 Å². The first-order valence-electron chi connectivity index (χ1n) is 5.99. The lowest BCUT2D eigenvalue weighted by atomic mass is 9.89. The monoisotopic (exact) mass is 221 g/mol. The summed E-state index contributed by atoms with van der Waals surface area (Å²) in [7, 11) is 1.71. The van der Waals surface area contributed by atoms with Crippen molar-refractivity contribution in [2.24, 2.45) is 5.73 Å². The van der Waals surface area contributed by atoms with Gasteiger partial charge in [-0.3, -0.25) is 0 Å². The van der Waals surface area contributed by atoms with Crippen LogP contribution in [0.4, 0.5) is 0 Å². The Labute approximate surface area is 98.8 Å². The van der Waals surface area contributed by atoms with Crippen LogP contribution in [-0.4, -0.2) is 19.3 Å². The number of methoxy groups -OCH3 is 1. The van der Waals surface area contributed by atoms with Crippen molar-refractivity contribution in [3.63, 3.8) is 0 Å². The highest BCUT2D eigenvalue weighted by molar-refractivity contribution is 5.24. The average Bonchev–Trinajstić information content (AvgIpc) is 2.30. The summed E-state index contributed by atoms with van der Waals surface area (Å²) in [6.45, 7) is 4.89. The van der Waals surface area contributed by atoms with Crippen molar-refractivity contribution in [3.05, 3.63) is 35.4 Å². The molecule has 90 valence electrons. The van der Waals surface area contributed by atoms with E-state index in [1.54, 1.807) is 7.11 Å². The van der Waals surface area contributed by atoms with Crippen LogP contribution < -0.4 is 5.73 Å². The van der Waals surface area contributed by atoms with Crippen LogP contribution in [0.25, 0.3) is 0 Å². The number of ether oxygens (including phenoxy) is 1. The molecule has 1 aromatic carbocycles. The lowest BCUT2D eigenvalue weighted by molar-refractivity contribution is 0.129. The lowest BCUT2D eigenvalue weighted by Gasteiger charge is -2.27. The molecule has 0 saturated carbocycles. The zero-order valence-corrected chi connectivity index (χ0v) is 10.6. The third kappa shape index (κ3) is 3.62. The van der Waals surface area contributed by atoms with Gasteiger partial charge in [0.2, 0.25) is 0 Å². The molecule has 2 N–H and O–H groups in total. The molecule has 1 rings (SSSR count). The van der Waals surface area contributed by atoms with Gasteiger partial charge in [-0.1, -0.05) is 38.1 Å². The number of aryl methyl sites for hydroxylation is 1. The van der Waals surface area contributed by atoms with Gasteiger partial charge in [-0.15, -0.1) is 0 Å². The topological polar surface area (TPSA) is 35.2 Å². The average molecular weight is 221 g/mol. The van der Waals surface area contributed by atoms with Gasteiger partial charge in [0, 0.05) is 12.6 Å². The predicted molar refractivity (Wildman–Crippen MR) is 68.6 cm³/mol. The summed E-state index contributed by atoms with van der Waals surface area (Å²) in [6.07, 6.45) is 2.89. The Morgan fingerprint density at radius 2 is 1.69 bits per heavy atom. The van der Waals surface area contributed by atoms with Crippen LogP contribution in [0.2, 0.25) is 0 Å². The lowest BCUT2D eigenvalue weighted by Crippen LogP contribution is -2.45. The molecule has 0 aromatic heterocycles. The molecule has 0 radical (unpaired) electrons. The van der Waals surface area contributed by atoms with Crippen LogP contribution in [0.1, 0.15) is 31.4 Å². The van der Waals surface area contributed by atoms with Gasteiger partial charge in [0.15, 0.2) is 0 Å². The molecular formula is C14H23NO. The van der Waals surface area contributed by atoms with Crippen molar-refractivity contribution in [1.29, 1.82) is 0 Å². The summed E-state index contributed by atoms with van der Waals surface area (Å²) in [4.78, 5) is 0. The van der Waals surface area contributed by atoms with Crippen molar-refractivity contribution in [2.75, 3.05) is 13.7 Å². The van der Waals surface area contributed by atoms with E-state index in [0.29, 0.717) is 6.61 Å². The zero-order valence-electron chi connectivity index (χ0n) is 10.6. The molecule has 0 spiro atoms. The van der Waals surface area contributed by atoms with Gasteiger partial charge in [-0.25, -0.2) is 0 Å². The Bertz CT molecular complexity index is 307. The molecular weight excluding hydrogens is 198 g/mol. The highest BCUT2D eigenvalue weighted by atomic mass is 16.5. The van der Waals surface area contributed by atoms with Crippen molar-refractivity contribution in [3.8, 4) is 0 Å². The molecule has 1 unspecified atom stereocenters. The minimum Gasteiger partial charge on any atom is -0.383 e. The minimum absolute atomic E-state index is 0.234. The summed E-state index contributed by atoms with van der Waals surface area (Å²) in [5.41, 5.74) is 8.71. The van der Waals surface area contributed by atoms with E-state index in [2.05, 4.69) is 38.1 Å². The second-order valence-corrected chi connectivity index (χ2v) is 4.50. The maximum atomic E-state index is 6.29. The van der Waals surface area contributed by atoms with Gasteiger partial charge in [-0.05, 0) is 30.4 Å². The standard InChI is InChI=1S/C14H23NO/c1-4-12-6-8-13(9-7-12)10-14(15,5-2)11-16-3/h6-9H,4-5,10-11,15H2,1-3H3. The first-order chi connectivity index (χ1) is 7.63. The maximum absolute atomic E-state index is 6.29. The molecule has 0 heterocycles. The van der Waals surface area contributed by atoms with E-state index in [0.717, 1.165) is 19.3 Å². The quantitative estimate of drug-likeness (QED) is 0.801. The van der Waals surface area contributed by atoms with E-state index < -0.39 is 0 Å². The molecule has 2 nitrogen and oxygen atoms in total. The molecule has 0 aliphatic heterocycles. The fraction of sp³-hybridized carbons (Fsp3) is 0.571. The van der Waals surface area contributed by atoms with Gasteiger partial charge < -0.3 is 10.5 Å². The summed E-state index contributed by atoms with van der Waals surface area (Å²) < 4.78 is 5.19. The predicted octanol–water partition coefficient (Wildman–Crippen LogP) is 2.55. The van der Waals surface area contributed by atoms with Crippen molar-refractivity contribution < 1.29 is 4.74 Å². The van der Waals surface area contributed by atoms with Crippen LogP contribution in [0.15, 0.2) is 24.3 Å². The number of hydrogen-bond donors (Lipinski definition) is 1. The Hall–Kier alpha value is -0.860. The van der Waals surface area contributed by atoms with E-state index in [1.807, 2.05) is 0 Å². The number of rotatable bonds is 6. The van der Waals surface area contributed by atoms with E-state index in [-0.39, 0.29) is 5.54 Å². The van der Waals surface area contributed by atoms with Gasteiger partial charge in [0.05, 0.1) is 6.61 Å². The van der Waals surface area contributed by atoms with Gasteiger partial charge in [0.1, 0.15) is 0 Å². The van der Waals surface area contributed by atoms with E-state index in [4.69, 9.17) is 10.5 Å². The molecule has 0 bridgehead atoms. The molecule has 1 atom stereocenters. The first kappa shape index (κ1) is 13.2. The van der Waals surface area contributed by atoms with Crippen molar-refractivity contribution in [1.82, 2.24) is 0 Å².